The lowest BCUT2D eigenvalue weighted by Gasteiger charge is -2.40. The average Bonchev–Trinajstić information content (AvgIpc) is 1.80. The predicted molar refractivity (Wildman–Crippen MR) is 55.7 cm³/mol. The highest BCUT2D eigenvalue weighted by molar-refractivity contribution is 4.94. The summed E-state index contributed by atoms with van der Waals surface area (Å²) in [5, 5.41) is 13.3. The van der Waals surface area contributed by atoms with Crippen LogP contribution in [-0.2, 0) is 0 Å². The van der Waals surface area contributed by atoms with E-state index < -0.39 is 5.60 Å². The monoisotopic (exact) mass is 185 g/mol. The molecule has 0 atom stereocenters. The van der Waals surface area contributed by atoms with Crippen LogP contribution in [0.4, 0.5) is 0 Å². The van der Waals surface area contributed by atoms with Gasteiger partial charge in [0.15, 0.2) is 0 Å². The fourth-order valence-corrected chi connectivity index (χ4v) is 1.31. The third kappa shape index (κ3) is 2.68. The van der Waals surface area contributed by atoms with Crippen molar-refractivity contribution in [3.63, 3.8) is 0 Å². The number of nitrogens with one attached hydrogen (secondary N) is 1. The van der Waals surface area contributed by atoms with Crippen molar-refractivity contribution in [3.05, 3.63) is 0 Å². The number of hydrogen-bond donors (Lipinski definition) is 2. The molecule has 0 saturated heterocycles. The van der Waals surface area contributed by atoms with Gasteiger partial charge in [0.2, 0.25) is 0 Å². The van der Waals surface area contributed by atoms with Crippen LogP contribution >= 0.6 is 0 Å². The summed E-state index contributed by atoms with van der Waals surface area (Å²) in [5.74, 6) is 0.849. The molecule has 0 unspecified atom stereocenters. The summed E-state index contributed by atoms with van der Waals surface area (Å²) in [6.45, 7) is 8.90. The topological polar surface area (TPSA) is 32.3 Å². The van der Waals surface area contributed by atoms with Gasteiger partial charge in [0.1, 0.15) is 0 Å². The molecule has 2 nitrogen and oxygen atoms in total. The van der Waals surface area contributed by atoms with Gasteiger partial charge in [-0.15, -0.1) is 0 Å². The van der Waals surface area contributed by atoms with Crippen LogP contribution in [0.25, 0.3) is 0 Å². The molecule has 0 bridgehead atoms. The van der Waals surface area contributed by atoms with E-state index in [1.807, 2.05) is 13.8 Å². The SMILES string of the molecule is CC(C)(O)C(C)(C)NCC1CCC1. The molecule has 1 rings (SSSR count). The van der Waals surface area contributed by atoms with E-state index in [0.717, 1.165) is 12.5 Å². The van der Waals surface area contributed by atoms with Crippen molar-refractivity contribution in [1.82, 2.24) is 5.32 Å². The van der Waals surface area contributed by atoms with Crippen molar-refractivity contribution in [2.45, 2.75) is 58.1 Å². The summed E-state index contributed by atoms with van der Waals surface area (Å²) in [4.78, 5) is 0. The fraction of sp³-hybridized carbons (Fsp3) is 1.00. The van der Waals surface area contributed by atoms with Crippen LogP contribution in [0.5, 0.6) is 0 Å². The summed E-state index contributed by atoms with van der Waals surface area (Å²) in [6, 6.07) is 0. The van der Waals surface area contributed by atoms with Crippen molar-refractivity contribution in [2.24, 2.45) is 5.92 Å². The Morgan fingerprint density at radius 1 is 1.23 bits per heavy atom. The van der Waals surface area contributed by atoms with Gasteiger partial charge in [-0.3, -0.25) is 0 Å². The maximum atomic E-state index is 9.89. The van der Waals surface area contributed by atoms with Gasteiger partial charge < -0.3 is 10.4 Å². The highest BCUT2D eigenvalue weighted by Crippen LogP contribution is 2.27. The lowest BCUT2D eigenvalue weighted by Crippen LogP contribution is -2.57. The first kappa shape index (κ1) is 11.0. The normalized spacial score (nSPS) is 20.1. The molecule has 0 aliphatic heterocycles. The molecular formula is C11H23NO. The Hall–Kier alpha value is -0.0800. The molecule has 1 aliphatic carbocycles. The summed E-state index contributed by atoms with van der Waals surface area (Å²) in [7, 11) is 0. The Balaban J connectivity index is 2.32. The molecule has 13 heavy (non-hydrogen) atoms. The lowest BCUT2D eigenvalue weighted by atomic mass is 9.82. The van der Waals surface area contributed by atoms with Crippen LogP contribution in [0, 0.1) is 5.92 Å². The standard InChI is InChI=1S/C11H23NO/c1-10(2,11(3,4)13)12-8-9-6-5-7-9/h9,12-13H,5-8H2,1-4H3. The average molecular weight is 185 g/mol. The third-order valence-electron chi connectivity index (χ3n) is 3.59. The molecule has 2 heteroatoms. The van der Waals surface area contributed by atoms with Crippen molar-refractivity contribution >= 4 is 0 Å². The van der Waals surface area contributed by atoms with Gasteiger partial charge in [0, 0.05) is 5.54 Å². The Morgan fingerprint density at radius 3 is 2.08 bits per heavy atom. The Labute approximate surface area is 81.7 Å². The molecule has 0 radical (unpaired) electrons. The molecule has 1 fully saturated rings. The first-order valence-electron chi connectivity index (χ1n) is 5.30. The van der Waals surface area contributed by atoms with E-state index in [0.29, 0.717) is 0 Å². The summed E-state index contributed by atoms with van der Waals surface area (Å²) in [5.41, 5.74) is -0.848. The van der Waals surface area contributed by atoms with Gasteiger partial charge >= 0.3 is 0 Å². The zero-order valence-electron chi connectivity index (χ0n) is 9.35. The smallest absolute Gasteiger partial charge is 0.0767 e. The molecule has 0 heterocycles. The van der Waals surface area contributed by atoms with Crippen LogP contribution in [0.15, 0.2) is 0 Å². The minimum absolute atomic E-state index is 0.192. The molecule has 0 spiro atoms. The highest BCUT2D eigenvalue weighted by Gasteiger charge is 2.35. The first-order chi connectivity index (χ1) is 5.83. The molecule has 0 aromatic carbocycles. The van der Waals surface area contributed by atoms with E-state index >= 15 is 0 Å². The Morgan fingerprint density at radius 2 is 1.77 bits per heavy atom. The van der Waals surface area contributed by atoms with Gasteiger partial charge in [-0.05, 0) is 53.0 Å². The van der Waals surface area contributed by atoms with E-state index in [9.17, 15) is 5.11 Å². The third-order valence-corrected chi connectivity index (χ3v) is 3.59. The van der Waals surface area contributed by atoms with Gasteiger partial charge in [0.05, 0.1) is 5.60 Å². The molecule has 1 aliphatic rings. The van der Waals surface area contributed by atoms with Crippen molar-refractivity contribution < 1.29 is 5.11 Å². The van der Waals surface area contributed by atoms with Crippen LogP contribution in [0.2, 0.25) is 0 Å². The van der Waals surface area contributed by atoms with Gasteiger partial charge in [0.25, 0.3) is 0 Å². The quantitative estimate of drug-likeness (QED) is 0.701. The minimum Gasteiger partial charge on any atom is -0.389 e. The van der Waals surface area contributed by atoms with Crippen LogP contribution in [-0.4, -0.2) is 22.8 Å². The Bertz CT molecular complexity index is 165. The molecule has 2 N–H and O–H groups in total. The van der Waals surface area contributed by atoms with E-state index in [2.05, 4.69) is 19.2 Å². The second-order valence-electron chi connectivity index (χ2n) is 5.36. The van der Waals surface area contributed by atoms with Crippen LogP contribution < -0.4 is 5.32 Å². The molecule has 78 valence electrons. The van der Waals surface area contributed by atoms with E-state index in [4.69, 9.17) is 0 Å². The van der Waals surface area contributed by atoms with Crippen molar-refractivity contribution in [2.75, 3.05) is 6.54 Å². The minimum atomic E-state index is -0.656. The maximum Gasteiger partial charge on any atom is 0.0767 e. The lowest BCUT2D eigenvalue weighted by molar-refractivity contribution is -0.00762. The number of aliphatic hydroxyl groups is 1. The number of rotatable bonds is 4. The molecular weight excluding hydrogens is 162 g/mol. The van der Waals surface area contributed by atoms with Crippen LogP contribution in [0.1, 0.15) is 47.0 Å². The zero-order valence-corrected chi connectivity index (χ0v) is 9.35. The van der Waals surface area contributed by atoms with Gasteiger partial charge in [-0.2, -0.15) is 0 Å². The summed E-state index contributed by atoms with van der Waals surface area (Å²) >= 11 is 0. The van der Waals surface area contributed by atoms with Gasteiger partial charge in [-0.25, -0.2) is 0 Å². The molecule has 0 aromatic rings. The maximum absolute atomic E-state index is 9.89. The van der Waals surface area contributed by atoms with Crippen LogP contribution in [0.3, 0.4) is 0 Å². The number of hydrogen-bond acceptors (Lipinski definition) is 2. The van der Waals surface area contributed by atoms with Gasteiger partial charge in [-0.1, -0.05) is 6.42 Å². The van der Waals surface area contributed by atoms with E-state index in [1.54, 1.807) is 0 Å². The van der Waals surface area contributed by atoms with Crippen molar-refractivity contribution in [3.8, 4) is 0 Å². The van der Waals surface area contributed by atoms with E-state index in [-0.39, 0.29) is 5.54 Å². The summed E-state index contributed by atoms with van der Waals surface area (Å²) < 4.78 is 0. The second-order valence-corrected chi connectivity index (χ2v) is 5.36. The molecule has 0 aromatic heterocycles. The molecule has 0 amide bonds. The predicted octanol–water partition coefficient (Wildman–Crippen LogP) is 1.93. The second kappa shape index (κ2) is 3.58. The fourth-order valence-electron chi connectivity index (χ4n) is 1.31. The molecule has 1 saturated carbocycles. The largest absolute Gasteiger partial charge is 0.389 e. The Kier molecular flexibility index (Phi) is 3.03. The first-order valence-corrected chi connectivity index (χ1v) is 5.30. The zero-order chi connectivity index (χ0) is 10.1. The van der Waals surface area contributed by atoms with Crippen molar-refractivity contribution in [1.29, 1.82) is 0 Å². The van der Waals surface area contributed by atoms with E-state index in [1.165, 1.54) is 19.3 Å². The highest BCUT2D eigenvalue weighted by atomic mass is 16.3. The summed E-state index contributed by atoms with van der Waals surface area (Å²) in [6.07, 6.45) is 4.10.